The molecule has 0 amide bonds. The summed E-state index contributed by atoms with van der Waals surface area (Å²) < 4.78 is 0. The van der Waals surface area contributed by atoms with Gasteiger partial charge in [-0.15, -0.1) is 0 Å². The van der Waals surface area contributed by atoms with Crippen LogP contribution in [0.2, 0.25) is 0 Å². The summed E-state index contributed by atoms with van der Waals surface area (Å²) in [6.45, 7) is 16.7. The smallest absolute Gasteiger partial charge is 0.0298 e. The van der Waals surface area contributed by atoms with E-state index < -0.39 is 0 Å². The largest absolute Gasteiger partial charge is 0.0654 e. The number of hydrogen-bond donors (Lipinski definition) is 0. The van der Waals surface area contributed by atoms with Crippen molar-refractivity contribution in [3.05, 3.63) is 0 Å². The zero-order chi connectivity index (χ0) is 11.4. The molecule has 0 nitrogen and oxygen atoms in total. The zero-order valence-corrected chi connectivity index (χ0v) is 11.4. The van der Waals surface area contributed by atoms with Gasteiger partial charge >= 0.3 is 0 Å². The van der Waals surface area contributed by atoms with E-state index in [4.69, 9.17) is 0 Å². The molecule has 0 aromatic rings. The molecule has 0 rings (SSSR count). The average molecular weight is 198 g/mol. The van der Waals surface area contributed by atoms with Gasteiger partial charge in [0.2, 0.25) is 0 Å². The third kappa shape index (κ3) is 3.00. The zero-order valence-electron chi connectivity index (χ0n) is 11.4. The molecule has 0 spiro atoms. The Morgan fingerprint density at radius 1 is 0.929 bits per heavy atom. The standard InChI is InChI=1S/C14H30/c1-8-11-14(7,10-3)12(4)13(5,6)9-2/h12H,8-11H2,1-7H3. The molecule has 0 aromatic carbocycles. The van der Waals surface area contributed by atoms with Crippen LogP contribution in [0.25, 0.3) is 0 Å². The molecule has 0 heterocycles. The lowest BCUT2D eigenvalue weighted by Gasteiger charge is -2.44. The maximum Gasteiger partial charge on any atom is -0.0298 e. The van der Waals surface area contributed by atoms with Crippen LogP contribution in [0.5, 0.6) is 0 Å². The molecule has 0 N–H and O–H groups in total. The predicted octanol–water partition coefficient (Wildman–Crippen LogP) is 5.28. The molecule has 0 aliphatic heterocycles. The lowest BCUT2D eigenvalue weighted by molar-refractivity contribution is 0.0572. The molecule has 86 valence electrons. The summed E-state index contributed by atoms with van der Waals surface area (Å²) in [5.41, 5.74) is 1.02. The van der Waals surface area contributed by atoms with Crippen LogP contribution in [0.4, 0.5) is 0 Å². The molecule has 0 aliphatic carbocycles. The Morgan fingerprint density at radius 3 is 1.71 bits per heavy atom. The van der Waals surface area contributed by atoms with E-state index in [1.54, 1.807) is 0 Å². The second-order valence-electron chi connectivity index (χ2n) is 5.82. The van der Waals surface area contributed by atoms with Crippen LogP contribution in [0.15, 0.2) is 0 Å². The van der Waals surface area contributed by atoms with Crippen LogP contribution in [-0.4, -0.2) is 0 Å². The van der Waals surface area contributed by atoms with Crippen molar-refractivity contribution >= 4 is 0 Å². The van der Waals surface area contributed by atoms with Gasteiger partial charge in [0.1, 0.15) is 0 Å². The minimum Gasteiger partial charge on any atom is -0.0654 e. The summed E-state index contributed by atoms with van der Waals surface area (Å²) >= 11 is 0. The van der Waals surface area contributed by atoms with Gasteiger partial charge in [-0.1, -0.05) is 67.7 Å². The van der Waals surface area contributed by atoms with E-state index in [0.717, 1.165) is 5.92 Å². The molecule has 0 aliphatic rings. The van der Waals surface area contributed by atoms with Crippen LogP contribution in [-0.2, 0) is 0 Å². The summed E-state index contributed by atoms with van der Waals surface area (Å²) in [5, 5.41) is 0. The van der Waals surface area contributed by atoms with Crippen molar-refractivity contribution in [1.82, 2.24) is 0 Å². The van der Waals surface area contributed by atoms with Crippen LogP contribution >= 0.6 is 0 Å². The van der Waals surface area contributed by atoms with Crippen LogP contribution in [0.3, 0.4) is 0 Å². The molecule has 0 saturated heterocycles. The Labute approximate surface area is 91.5 Å². The highest BCUT2D eigenvalue weighted by atomic mass is 14.4. The SMILES string of the molecule is CCCC(C)(CC)C(C)C(C)(C)CC. The van der Waals surface area contributed by atoms with Gasteiger partial charge < -0.3 is 0 Å². The maximum absolute atomic E-state index is 2.47. The molecule has 0 radical (unpaired) electrons. The van der Waals surface area contributed by atoms with Crippen molar-refractivity contribution in [3.63, 3.8) is 0 Å². The number of hydrogen-bond acceptors (Lipinski definition) is 0. The summed E-state index contributed by atoms with van der Waals surface area (Å²) in [5.74, 6) is 0.810. The summed E-state index contributed by atoms with van der Waals surface area (Å²) in [4.78, 5) is 0. The lowest BCUT2D eigenvalue weighted by atomic mass is 9.61. The van der Waals surface area contributed by atoms with Crippen molar-refractivity contribution in [1.29, 1.82) is 0 Å². The van der Waals surface area contributed by atoms with Gasteiger partial charge in [0.25, 0.3) is 0 Å². The minimum absolute atomic E-state index is 0.486. The summed E-state index contributed by atoms with van der Waals surface area (Å²) in [6, 6.07) is 0. The maximum atomic E-state index is 2.47. The summed E-state index contributed by atoms with van der Waals surface area (Å²) in [6.07, 6.45) is 5.28. The molecule has 0 saturated carbocycles. The quantitative estimate of drug-likeness (QED) is 0.545. The second-order valence-corrected chi connectivity index (χ2v) is 5.82. The first kappa shape index (κ1) is 14.0. The topological polar surface area (TPSA) is 0 Å². The van der Waals surface area contributed by atoms with Crippen LogP contribution in [0.1, 0.15) is 74.1 Å². The molecule has 14 heavy (non-hydrogen) atoms. The van der Waals surface area contributed by atoms with Crippen LogP contribution in [0, 0.1) is 16.7 Å². The molecular formula is C14H30. The van der Waals surface area contributed by atoms with E-state index >= 15 is 0 Å². The molecule has 2 unspecified atom stereocenters. The Balaban J connectivity index is 4.67. The third-order valence-corrected chi connectivity index (χ3v) is 4.76. The summed E-state index contributed by atoms with van der Waals surface area (Å²) in [7, 11) is 0. The Bertz CT molecular complexity index is 157. The first-order valence-corrected chi connectivity index (χ1v) is 6.34. The van der Waals surface area contributed by atoms with E-state index in [1.165, 1.54) is 25.7 Å². The predicted molar refractivity (Wildman–Crippen MR) is 66.5 cm³/mol. The highest BCUT2D eigenvalue weighted by molar-refractivity contribution is 4.87. The van der Waals surface area contributed by atoms with E-state index in [2.05, 4.69) is 48.5 Å². The van der Waals surface area contributed by atoms with Crippen LogP contribution < -0.4 is 0 Å². The third-order valence-electron chi connectivity index (χ3n) is 4.76. The number of rotatable bonds is 6. The van der Waals surface area contributed by atoms with E-state index in [9.17, 15) is 0 Å². The fourth-order valence-corrected chi connectivity index (χ4v) is 2.52. The van der Waals surface area contributed by atoms with E-state index in [1.807, 2.05) is 0 Å². The first-order valence-electron chi connectivity index (χ1n) is 6.34. The van der Waals surface area contributed by atoms with Gasteiger partial charge in [0.05, 0.1) is 0 Å². The fourth-order valence-electron chi connectivity index (χ4n) is 2.52. The fraction of sp³-hybridized carbons (Fsp3) is 1.00. The Kier molecular flexibility index (Phi) is 5.19. The van der Waals surface area contributed by atoms with Crippen molar-refractivity contribution in [2.24, 2.45) is 16.7 Å². The van der Waals surface area contributed by atoms with Gasteiger partial charge in [-0.05, 0) is 23.2 Å². The molecular weight excluding hydrogens is 168 g/mol. The molecule has 0 heteroatoms. The van der Waals surface area contributed by atoms with Crippen molar-refractivity contribution in [2.75, 3.05) is 0 Å². The average Bonchev–Trinajstić information content (AvgIpc) is 2.17. The minimum atomic E-state index is 0.486. The Morgan fingerprint density at radius 2 is 1.43 bits per heavy atom. The first-order chi connectivity index (χ1) is 6.34. The lowest BCUT2D eigenvalue weighted by Crippen LogP contribution is -2.35. The monoisotopic (exact) mass is 198 g/mol. The van der Waals surface area contributed by atoms with Crippen molar-refractivity contribution < 1.29 is 0 Å². The highest BCUT2D eigenvalue weighted by Crippen LogP contribution is 2.46. The molecule has 0 fully saturated rings. The van der Waals surface area contributed by atoms with E-state index in [0.29, 0.717) is 10.8 Å². The Hall–Kier alpha value is 0. The van der Waals surface area contributed by atoms with Gasteiger partial charge in [-0.2, -0.15) is 0 Å². The normalized spacial score (nSPS) is 19.1. The van der Waals surface area contributed by atoms with Gasteiger partial charge in [0, 0.05) is 0 Å². The van der Waals surface area contributed by atoms with Crippen molar-refractivity contribution in [3.8, 4) is 0 Å². The van der Waals surface area contributed by atoms with Crippen molar-refractivity contribution in [2.45, 2.75) is 74.1 Å². The molecule has 2 atom stereocenters. The highest BCUT2D eigenvalue weighted by Gasteiger charge is 2.37. The van der Waals surface area contributed by atoms with Gasteiger partial charge in [0.15, 0.2) is 0 Å². The van der Waals surface area contributed by atoms with Gasteiger partial charge in [-0.25, -0.2) is 0 Å². The van der Waals surface area contributed by atoms with Gasteiger partial charge in [-0.3, -0.25) is 0 Å². The molecule has 0 bridgehead atoms. The molecule has 0 aromatic heterocycles. The van der Waals surface area contributed by atoms with E-state index in [-0.39, 0.29) is 0 Å². The second kappa shape index (κ2) is 5.19.